The van der Waals surface area contributed by atoms with E-state index in [1.807, 2.05) is 35.0 Å². The Bertz CT molecular complexity index is 445. The first-order valence-electron chi connectivity index (χ1n) is 3.75. The number of benzene rings is 1. The third-order valence-electron chi connectivity index (χ3n) is 1.84. The van der Waals surface area contributed by atoms with Gasteiger partial charge in [-0.1, -0.05) is 6.07 Å². The third kappa shape index (κ3) is 1.53. The van der Waals surface area contributed by atoms with Crippen LogP contribution in [0.3, 0.4) is 0 Å². The van der Waals surface area contributed by atoms with Gasteiger partial charge in [-0.05, 0) is 23.6 Å². The quantitative estimate of drug-likeness (QED) is 0.626. The minimum absolute atomic E-state index is 0.258. The molecule has 2 aromatic rings. The number of nitrogens with zero attached hydrogens (tertiary/aromatic N) is 1. The molecule has 2 rings (SSSR count). The van der Waals surface area contributed by atoms with Crippen LogP contribution >= 0.6 is 22.9 Å². The first kappa shape index (κ1) is 8.55. The van der Waals surface area contributed by atoms with E-state index in [0.717, 1.165) is 16.6 Å². The molecule has 0 amide bonds. The van der Waals surface area contributed by atoms with Crippen molar-refractivity contribution in [1.82, 2.24) is 4.98 Å². The molecule has 2 N–H and O–H groups in total. The zero-order valence-corrected chi connectivity index (χ0v) is 8.82. The largest absolute Gasteiger partial charge is 0.508 e. The van der Waals surface area contributed by atoms with Crippen molar-refractivity contribution in [1.29, 1.82) is 0 Å². The van der Waals surface area contributed by atoms with E-state index >= 15 is 0 Å². The number of hydrogen-bond donors (Lipinski definition) is 2. The standard InChI is InChI=1S/C9H7IN2O/c10-12-9-8-5-7(13)2-1-6(8)3-4-11-9/h1-5,13H,(H,11,12). The van der Waals surface area contributed by atoms with Crippen molar-refractivity contribution in [3.8, 4) is 5.75 Å². The highest BCUT2D eigenvalue weighted by atomic mass is 127. The summed E-state index contributed by atoms with van der Waals surface area (Å²) in [4.78, 5) is 4.14. The predicted octanol–water partition coefficient (Wildman–Crippen LogP) is 2.70. The van der Waals surface area contributed by atoms with E-state index in [0.29, 0.717) is 0 Å². The Balaban J connectivity index is 2.79. The number of aromatic nitrogens is 1. The van der Waals surface area contributed by atoms with Crippen LogP contribution in [-0.2, 0) is 0 Å². The van der Waals surface area contributed by atoms with Crippen molar-refractivity contribution in [2.24, 2.45) is 0 Å². The zero-order valence-electron chi connectivity index (χ0n) is 6.66. The summed E-state index contributed by atoms with van der Waals surface area (Å²) in [5, 5.41) is 11.3. The smallest absolute Gasteiger partial charge is 0.142 e. The van der Waals surface area contributed by atoms with Crippen LogP contribution in [0.5, 0.6) is 5.75 Å². The van der Waals surface area contributed by atoms with E-state index in [9.17, 15) is 5.11 Å². The minimum Gasteiger partial charge on any atom is -0.508 e. The molecule has 1 heterocycles. The Morgan fingerprint density at radius 2 is 2.15 bits per heavy atom. The summed E-state index contributed by atoms with van der Waals surface area (Å²) in [7, 11) is 0. The normalized spacial score (nSPS) is 10.2. The number of halogens is 1. The Labute approximate surface area is 89.3 Å². The van der Waals surface area contributed by atoms with Crippen LogP contribution in [0.2, 0.25) is 0 Å². The van der Waals surface area contributed by atoms with E-state index in [1.54, 1.807) is 18.3 Å². The van der Waals surface area contributed by atoms with E-state index in [-0.39, 0.29) is 5.75 Å². The molecule has 3 nitrogen and oxygen atoms in total. The number of pyridine rings is 1. The van der Waals surface area contributed by atoms with Gasteiger partial charge in [-0.25, -0.2) is 4.98 Å². The lowest BCUT2D eigenvalue weighted by atomic mass is 10.1. The summed E-state index contributed by atoms with van der Waals surface area (Å²) < 4.78 is 2.94. The van der Waals surface area contributed by atoms with Crippen LogP contribution in [0.4, 0.5) is 5.82 Å². The van der Waals surface area contributed by atoms with E-state index in [1.165, 1.54) is 0 Å². The first-order valence-corrected chi connectivity index (χ1v) is 4.83. The van der Waals surface area contributed by atoms with Crippen molar-refractivity contribution in [2.45, 2.75) is 0 Å². The Morgan fingerprint density at radius 1 is 1.31 bits per heavy atom. The topological polar surface area (TPSA) is 45.2 Å². The molecule has 0 bridgehead atoms. The maximum atomic E-state index is 9.29. The highest BCUT2D eigenvalue weighted by Crippen LogP contribution is 2.25. The molecule has 1 aromatic carbocycles. The van der Waals surface area contributed by atoms with Crippen LogP contribution in [0.1, 0.15) is 0 Å². The fraction of sp³-hybridized carbons (Fsp3) is 0. The molecule has 0 saturated carbocycles. The molecule has 0 unspecified atom stereocenters. The lowest BCUT2D eigenvalue weighted by Crippen LogP contribution is -1.86. The highest BCUT2D eigenvalue weighted by molar-refractivity contribution is 14.1. The second kappa shape index (κ2) is 3.37. The Hall–Kier alpha value is -1.04. The van der Waals surface area contributed by atoms with Crippen LogP contribution < -0.4 is 3.53 Å². The van der Waals surface area contributed by atoms with Gasteiger partial charge in [0.05, 0.1) is 22.9 Å². The highest BCUT2D eigenvalue weighted by Gasteiger charge is 2.00. The maximum absolute atomic E-state index is 9.29. The van der Waals surface area contributed by atoms with Crippen molar-refractivity contribution >= 4 is 39.5 Å². The van der Waals surface area contributed by atoms with E-state index < -0.39 is 0 Å². The molecular weight excluding hydrogens is 279 g/mol. The monoisotopic (exact) mass is 286 g/mol. The number of rotatable bonds is 1. The number of phenols is 1. The molecule has 1 aromatic heterocycles. The van der Waals surface area contributed by atoms with Crippen LogP contribution in [0.25, 0.3) is 10.8 Å². The lowest BCUT2D eigenvalue weighted by Gasteiger charge is -2.03. The maximum Gasteiger partial charge on any atom is 0.142 e. The summed E-state index contributed by atoms with van der Waals surface area (Å²) in [5.74, 6) is 1.03. The lowest BCUT2D eigenvalue weighted by molar-refractivity contribution is 0.476. The average Bonchev–Trinajstić information content (AvgIpc) is 2.17. The Kier molecular flexibility index (Phi) is 2.22. The summed E-state index contributed by atoms with van der Waals surface area (Å²) in [6.45, 7) is 0. The van der Waals surface area contributed by atoms with Crippen molar-refractivity contribution in [3.63, 3.8) is 0 Å². The minimum atomic E-state index is 0.258. The van der Waals surface area contributed by atoms with Gasteiger partial charge in [0.1, 0.15) is 11.6 Å². The molecular formula is C9H7IN2O. The van der Waals surface area contributed by atoms with Crippen LogP contribution in [0.15, 0.2) is 30.5 Å². The van der Waals surface area contributed by atoms with Gasteiger partial charge in [0.25, 0.3) is 0 Å². The van der Waals surface area contributed by atoms with E-state index in [4.69, 9.17) is 0 Å². The second-order valence-corrected chi connectivity index (χ2v) is 3.20. The number of fused-ring (bicyclic) bond motifs is 1. The molecule has 13 heavy (non-hydrogen) atoms. The van der Waals surface area contributed by atoms with Gasteiger partial charge in [0.15, 0.2) is 0 Å². The van der Waals surface area contributed by atoms with Gasteiger partial charge < -0.3 is 8.64 Å². The number of nitrogens with one attached hydrogen (secondary N) is 1. The fourth-order valence-electron chi connectivity index (χ4n) is 1.23. The number of hydrogen-bond acceptors (Lipinski definition) is 3. The second-order valence-electron chi connectivity index (χ2n) is 2.66. The summed E-state index contributed by atoms with van der Waals surface area (Å²) >= 11 is 2.02. The molecule has 0 atom stereocenters. The summed E-state index contributed by atoms with van der Waals surface area (Å²) in [5.41, 5.74) is 0. The molecule has 0 saturated heterocycles. The summed E-state index contributed by atoms with van der Waals surface area (Å²) in [6.07, 6.45) is 1.74. The third-order valence-corrected chi connectivity index (χ3v) is 2.35. The SMILES string of the molecule is Oc1ccc2ccnc(NI)c2c1. The first-order chi connectivity index (χ1) is 6.31. The molecule has 0 spiro atoms. The number of aromatic hydroxyl groups is 1. The van der Waals surface area contributed by atoms with E-state index in [2.05, 4.69) is 8.51 Å². The van der Waals surface area contributed by atoms with Crippen LogP contribution in [-0.4, -0.2) is 10.1 Å². The van der Waals surface area contributed by atoms with Crippen LogP contribution in [0, 0.1) is 0 Å². The molecule has 0 fully saturated rings. The van der Waals surface area contributed by atoms with Gasteiger partial charge in [0.2, 0.25) is 0 Å². The van der Waals surface area contributed by atoms with Gasteiger partial charge >= 0.3 is 0 Å². The van der Waals surface area contributed by atoms with Gasteiger partial charge in [0, 0.05) is 11.6 Å². The molecule has 0 aliphatic heterocycles. The molecule has 4 heteroatoms. The molecule has 0 aliphatic rings. The number of anilines is 1. The van der Waals surface area contributed by atoms with Crippen molar-refractivity contribution in [3.05, 3.63) is 30.5 Å². The van der Waals surface area contributed by atoms with Gasteiger partial charge in [-0.3, -0.25) is 0 Å². The Morgan fingerprint density at radius 3 is 2.92 bits per heavy atom. The fourth-order valence-corrected chi connectivity index (χ4v) is 1.66. The molecule has 0 radical (unpaired) electrons. The van der Waals surface area contributed by atoms with Crippen molar-refractivity contribution < 1.29 is 5.11 Å². The van der Waals surface area contributed by atoms with Crippen molar-refractivity contribution in [2.75, 3.05) is 3.53 Å². The van der Waals surface area contributed by atoms with Gasteiger partial charge in [-0.2, -0.15) is 0 Å². The number of phenolic OH excluding ortho intramolecular Hbond substituents is 1. The predicted molar refractivity (Wildman–Crippen MR) is 61.1 cm³/mol. The van der Waals surface area contributed by atoms with Gasteiger partial charge in [-0.15, -0.1) is 0 Å². The molecule has 0 aliphatic carbocycles. The molecule has 66 valence electrons. The zero-order chi connectivity index (χ0) is 9.26. The average molecular weight is 286 g/mol. The summed E-state index contributed by atoms with van der Waals surface area (Å²) in [6, 6.07) is 7.14.